The fourth-order valence-corrected chi connectivity index (χ4v) is 0.680. The van der Waals surface area contributed by atoms with E-state index in [0.29, 0.717) is 0 Å². The number of nitrogens with two attached hydrogens (primary N) is 1. The van der Waals surface area contributed by atoms with Gasteiger partial charge < -0.3 is 15.4 Å². The molecule has 0 saturated carbocycles. The second kappa shape index (κ2) is 2.60. The van der Waals surface area contributed by atoms with Gasteiger partial charge in [-0.2, -0.15) is 0 Å². The molecule has 0 fully saturated rings. The van der Waals surface area contributed by atoms with Gasteiger partial charge in [0.15, 0.2) is 11.5 Å². The summed E-state index contributed by atoms with van der Waals surface area (Å²) in [5.41, 5.74) is 3.81. The van der Waals surface area contributed by atoms with Gasteiger partial charge in [0, 0.05) is 6.07 Å². The Labute approximate surface area is 69.2 Å². The van der Waals surface area contributed by atoms with Gasteiger partial charge >= 0.3 is 0 Å². The first-order valence-corrected chi connectivity index (χ1v) is 3.40. The first-order valence-electron chi connectivity index (χ1n) is 3.40. The summed E-state index contributed by atoms with van der Waals surface area (Å²) in [7, 11) is 0. The molecule has 66 valence electrons. The number of aliphatic hydroxyl groups is 1. The molecule has 0 unspecified atom stereocenters. The maximum Gasteiger partial charge on any atom is 0.270 e. The second-order valence-electron chi connectivity index (χ2n) is 3.00. The zero-order valence-electron chi connectivity index (χ0n) is 6.87. The molecule has 0 spiro atoms. The Hall–Kier alpha value is -1.36. The molecule has 0 radical (unpaired) electrons. The highest BCUT2D eigenvalue weighted by Crippen LogP contribution is 2.19. The van der Waals surface area contributed by atoms with Crippen molar-refractivity contribution in [1.82, 2.24) is 5.16 Å². The van der Waals surface area contributed by atoms with E-state index >= 15 is 0 Å². The molecule has 0 aromatic carbocycles. The Balaban J connectivity index is 3.00. The summed E-state index contributed by atoms with van der Waals surface area (Å²) in [6.45, 7) is 3.05. The van der Waals surface area contributed by atoms with Crippen molar-refractivity contribution in [2.45, 2.75) is 19.4 Å². The van der Waals surface area contributed by atoms with Crippen molar-refractivity contribution in [3.8, 4) is 0 Å². The number of hydrogen-bond donors (Lipinski definition) is 2. The highest BCUT2D eigenvalue weighted by molar-refractivity contribution is 5.90. The maximum atomic E-state index is 10.6. The van der Waals surface area contributed by atoms with Crippen LogP contribution in [0.2, 0.25) is 0 Å². The second-order valence-corrected chi connectivity index (χ2v) is 3.00. The van der Waals surface area contributed by atoms with Crippen LogP contribution in [-0.2, 0) is 5.60 Å². The average Bonchev–Trinajstić information content (AvgIpc) is 2.30. The molecule has 0 saturated heterocycles. The summed E-state index contributed by atoms with van der Waals surface area (Å²) in [5, 5.41) is 12.8. The Bertz CT molecular complexity index is 298. The van der Waals surface area contributed by atoms with Crippen LogP contribution in [0.4, 0.5) is 0 Å². The highest BCUT2D eigenvalue weighted by Gasteiger charge is 2.22. The minimum Gasteiger partial charge on any atom is -0.382 e. The van der Waals surface area contributed by atoms with Gasteiger partial charge in [-0.15, -0.1) is 0 Å². The summed E-state index contributed by atoms with van der Waals surface area (Å²) in [6.07, 6.45) is 0. The predicted molar refractivity (Wildman–Crippen MR) is 40.3 cm³/mol. The fraction of sp³-hybridized carbons (Fsp3) is 0.429. The topological polar surface area (TPSA) is 89.4 Å². The van der Waals surface area contributed by atoms with Crippen molar-refractivity contribution in [2.24, 2.45) is 5.73 Å². The zero-order chi connectivity index (χ0) is 9.35. The van der Waals surface area contributed by atoms with Crippen LogP contribution in [0.5, 0.6) is 0 Å². The van der Waals surface area contributed by atoms with Crippen LogP contribution in [-0.4, -0.2) is 16.2 Å². The molecule has 0 aliphatic carbocycles. The van der Waals surface area contributed by atoms with Crippen molar-refractivity contribution in [3.63, 3.8) is 0 Å². The Morgan fingerprint density at radius 1 is 1.75 bits per heavy atom. The van der Waals surface area contributed by atoms with Crippen LogP contribution in [0.3, 0.4) is 0 Å². The van der Waals surface area contributed by atoms with Gasteiger partial charge in [-0.3, -0.25) is 4.79 Å². The molecule has 0 aliphatic heterocycles. The molecule has 1 aromatic rings. The molecule has 5 heteroatoms. The van der Waals surface area contributed by atoms with E-state index in [0.717, 1.165) is 0 Å². The standard InChI is InChI=1S/C7H10N2O3/c1-7(2,11)5-3-4(6(8)10)9-12-5/h3,11H,1-2H3,(H2,8,10). The molecular formula is C7H10N2O3. The predicted octanol–water partition coefficient (Wildman–Crippen LogP) is 0.000900. The van der Waals surface area contributed by atoms with Crippen molar-refractivity contribution < 1.29 is 14.4 Å². The molecule has 0 aliphatic rings. The number of carbonyl (C=O) groups is 1. The maximum absolute atomic E-state index is 10.6. The molecule has 5 nitrogen and oxygen atoms in total. The van der Waals surface area contributed by atoms with Crippen molar-refractivity contribution >= 4 is 5.91 Å². The number of carbonyl (C=O) groups excluding carboxylic acids is 1. The van der Waals surface area contributed by atoms with Crippen molar-refractivity contribution in [3.05, 3.63) is 17.5 Å². The summed E-state index contributed by atoms with van der Waals surface area (Å²) >= 11 is 0. The summed E-state index contributed by atoms with van der Waals surface area (Å²) in [4.78, 5) is 10.6. The van der Waals surface area contributed by atoms with Gasteiger partial charge in [-0.1, -0.05) is 5.16 Å². The summed E-state index contributed by atoms with van der Waals surface area (Å²) < 4.78 is 4.69. The Morgan fingerprint density at radius 2 is 2.33 bits per heavy atom. The SMILES string of the molecule is CC(C)(O)c1cc(C(N)=O)no1. The van der Waals surface area contributed by atoms with Crippen LogP contribution in [0.15, 0.2) is 10.6 Å². The third-order valence-electron chi connectivity index (χ3n) is 1.37. The van der Waals surface area contributed by atoms with Crippen LogP contribution in [0, 0.1) is 0 Å². The summed E-state index contributed by atoms with van der Waals surface area (Å²) in [5.74, 6) is -0.453. The lowest BCUT2D eigenvalue weighted by Crippen LogP contribution is -2.14. The number of primary amides is 1. The van der Waals surface area contributed by atoms with Crippen LogP contribution >= 0.6 is 0 Å². The lowest BCUT2D eigenvalue weighted by Gasteiger charge is -2.10. The van der Waals surface area contributed by atoms with Gasteiger partial charge in [0.25, 0.3) is 5.91 Å². The zero-order valence-corrected chi connectivity index (χ0v) is 6.87. The number of rotatable bonds is 2. The molecule has 3 N–H and O–H groups in total. The van der Waals surface area contributed by atoms with E-state index in [1.54, 1.807) is 0 Å². The van der Waals surface area contributed by atoms with Gasteiger partial charge in [0.05, 0.1) is 0 Å². The number of amides is 1. The number of nitrogens with zero attached hydrogens (tertiary/aromatic N) is 1. The number of aromatic nitrogens is 1. The molecular weight excluding hydrogens is 160 g/mol. The quantitative estimate of drug-likeness (QED) is 0.653. The average molecular weight is 170 g/mol. The highest BCUT2D eigenvalue weighted by atomic mass is 16.5. The van der Waals surface area contributed by atoms with E-state index in [2.05, 4.69) is 9.68 Å². The molecule has 1 heterocycles. The molecule has 1 amide bonds. The van der Waals surface area contributed by atoms with E-state index < -0.39 is 11.5 Å². The van der Waals surface area contributed by atoms with E-state index in [1.165, 1.54) is 19.9 Å². The lowest BCUT2D eigenvalue weighted by molar-refractivity contribution is 0.0474. The molecule has 1 rings (SSSR count). The largest absolute Gasteiger partial charge is 0.382 e. The van der Waals surface area contributed by atoms with Gasteiger partial charge in [-0.25, -0.2) is 0 Å². The smallest absolute Gasteiger partial charge is 0.270 e. The lowest BCUT2D eigenvalue weighted by atomic mass is 10.1. The van der Waals surface area contributed by atoms with Gasteiger partial charge in [-0.05, 0) is 13.8 Å². The molecule has 0 bridgehead atoms. The number of hydrogen-bond acceptors (Lipinski definition) is 4. The van der Waals surface area contributed by atoms with Crippen LogP contribution in [0.1, 0.15) is 30.1 Å². The molecule has 12 heavy (non-hydrogen) atoms. The van der Waals surface area contributed by atoms with Gasteiger partial charge in [0.2, 0.25) is 0 Å². The van der Waals surface area contributed by atoms with Crippen LogP contribution in [0.25, 0.3) is 0 Å². The van der Waals surface area contributed by atoms with Gasteiger partial charge in [0.1, 0.15) is 5.60 Å². The molecule has 0 atom stereocenters. The monoisotopic (exact) mass is 170 g/mol. The fourth-order valence-electron chi connectivity index (χ4n) is 0.680. The normalized spacial score (nSPS) is 11.6. The Morgan fingerprint density at radius 3 is 2.58 bits per heavy atom. The van der Waals surface area contributed by atoms with E-state index in [9.17, 15) is 9.90 Å². The van der Waals surface area contributed by atoms with E-state index in [1.807, 2.05) is 0 Å². The first kappa shape index (κ1) is 8.73. The minimum atomic E-state index is -1.14. The third-order valence-corrected chi connectivity index (χ3v) is 1.37. The van der Waals surface area contributed by atoms with Crippen LogP contribution < -0.4 is 5.73 Å². The van der Waals surface area contributed by atoms with E-state index in [4.69, 9.17) is 5.73 Å². The Kier molecular flexibility index (Phi) is 1.89. The minimum absolute atomic E-state index is 0.0205. The van der Waals surface area contributed by atoms with Crippen molar-refractivity contribution in [2.75, 3.05) is 0 Å². The van der Waals surface area contributed by atoms with E-state index in [-0.39, 0.29) is 11.5 Å². The third kappa shape index (κ3) is 1.62. The molecule has 1 aromatic heterocycles. The summed E-state index contributed by atoms with van der Waals surface area (Å²) in [6, 6.07) is 1.32. The first-order chi connectivity index (χ1) is 5.41. The van der Waals surface area contributed by atoms with Crippen molar-refractivity contribution in [1.29, 1.82) is 0 Å².